The fourth-order valence-electron chi connectivity index (χ4n) is 0. The van der Waals surface area contributed by atoms with E-state index in [-0.39, 0.29) is 31.0 Å². The summed E-state index contributed by atoms with van der Waals surface area (Å²) in [6.45, 7) is 0. The first-order chi connectivity index (χ1) is 2.00. The van der Waals surface area contributed by atoms with Gasteiger partial charge in [-0.3, -0.25) is 0 Å². The Morgan fingerprint density at radius 2 is 1.40 bits per heavy atom. The SMILES string of the molecule is CO.OS.[H-].[Na+]. The smallest absolute Gasteiger partial charge is 1.00 e. The summed E-state index contributed by atoms with van der Waals surface area (Å²) < 4.78 is 6.69. The predicted molar refractivity (Wildman–Crippen MR) is 20.9 cm³/mol. The van der Waals surface area contributed by atoms with E-state index in [9.17, 15) is 0 Å². The van der Waals surface area contributed by atoms with E-state index >= 15 is 0 Å². The van der Waals surface area contributed by atoms with Crippen LogP contribution in [-0.4, -0.2) is 16.8 Å². The predicted octanol–water partition coefficient (Wildman–Crippen LogP) is -2.89. The molecule has 4 heteroatoms. The van der Waals surface area contributed by atoms with E-state index in [1.807, 2.05) is 0 Å². The van der Waals surface area contributed by atoms with Gasteiger partial charge in [-0.2, -0.15) is 0 Å². The van der Waals surface area contributed by atoms with Crippen LogP contribution in [0.25, 0.3) is 0 Å². The molecule has 0 saturated carbocycles. The zero-order chi connectivity index (χ0) is 4.00. The van der Waals surface area contributed by atoms with Crippen molar-refractivity contribution in [2.45, 2.75) is 0 Å². The van der Waals surface area contributed by atoms with Crippen LogP contribution in [0, 0.1) is 0 Å². The summed E-state index contributed by atoms with van der Waals surface area (Å²) in [5.41, 5.74) is 0. The molecule has 0 aliphatic carbocycles. The third-order valence-electron chi connectivity index (χ3n) is 0. The summed E-state index contributed by atoms with van der Waals surface area (Å²) in [6.07, 6.45) is 0. The largest absolute Gasteiger partial charge is 1.00 e. The van der Waals surface area contributed by atoms with Gasteiger partial charge in [-0.15, -0.1) is 0 Å². The maximum atomic E-state index is 7.00. The average molecular weight is 106 g/mol. The molecule has 0 bridgehead atoms. The molecule has 5 heavy (non-hydrogen) atoms. The van der Waals surface area contributed by atoms with Gasteiger partial charge in [0.2, 0.25) is 0 Å². The number of aliphatic hydroxyl groups is 1. The Morgan fingerprint density at radius 3 is 1.40 bits per heavy atom. The average Bonchev–Trinajstić information content (AvgIpc) is 1.50. The third kappa shape index (κ3) is 34.9. The van der Waals surface area contributed by atoms with Crippen molar-refractivity contribution in [3.05, 3.63) is 0 Å². The summed E-state index contributed by atoms with van der Waals surface area (Å²) in [6, 6.07) is 0. The van der Waals surface area contributed by atoms with E-state index in [1.165, 1.54) is 0 Å². The summed E-state index contributed by atoms with van der Waals surface area (Å²) in [5.74, 6) is 0. The van der Waals surface area contributed by atoms with Gasteiger partial charge >= 0.3 is 29.6 Å². The van der Waals surface area contributed by atoms with Gasteiger partial charge in [0.05, 0.1) is 0 Å². The summed E-state index contributed by atoms with van der Waals surface area (Å²) >= 11 is 2.53. The molecule has 0 aliphatic heterocycles. The van der Waals surface area contributed by atoms with Crippen molar-refractivity contribution in [2.24, 2.45) is 0 Å². The van der Waals surface area contributed by atoms with Gasteiger partial charge in [0.15, 0.2) is 0 Å². The van der Waals surface area contributed by atoms with Crippen LogP contribution in [0.4, 0.5) is 0 Å². The van der Waals surface area contributed by atoms with Crippen molar-refractivity contribution in [1.29, 1.82) is 0 Å². The number of hydrogen-bond acceptors (Lipinski definition) is 3. The van der Waals surface area contributed by atoms with Crippen molar-refractivity contribution >= 4 is 12.9 Å². The first-order valence-corrected chi connectivity index (χ1v) is 1.05. The zero-order valence-corrected chi connectivity index (χ0v) is 6.24. The van der Waals surface area contributed by atoms with Crippen LogP contribution in [0.1, 0.15) is 1.43 Å². The van der Waals surface area contributed by atoms with E-state index < -0.39 is 0 Å². The van der Waals surface area contributed by atoms with Crippen LogP contribution in [0.5, 0.6) is 0 Å². The molecule has 0 unspecified atom stereocenters. The second kappa shape index (κ2) is 59.6. The van der Waals surface area contributed by atoms with E-state index in [0.29, 0.717) is 0 Å². The first kappa shape index (κ1) is 16.3. The van der Waals surface area contributed by atoms with Gasteiger partial charge in [0.1, 0.15) is 0 Å². The molecule has 0 aromatic carbocycles. The van der Waals surface area contributed by atoms with E-state index in [2.05, 4.69) is 12.9 Å². The molecule has 0 heterocycles. The Kier molecular flexibility index (Phi) is 194. The molecule has 0 rings (SSSR count). The standard InChI is InChI=1S/CH4O.Na.H2OS.H/c1-2;;1-2;/h2H,1H3;;1-2H;/q;+1;;-1. The zero-order valence-electron chi connectivity index (χ0n) is 4.34. The van der Waals surface area contributed by atoms with Crippen LogP contribution in [-0.2, 0) is 0 Å². The Balaban J connectivity index is -0.00000000500. The van der Waals surface area contributed by atoms with E-state index in [1.54, 1.807) is 0 Å². The molecule has 0 radical (unpaired) electrons. The second-order valence-electron chi connectivity index (χ2n) is 0. The number of hydrogen-bond donors (Lipinski definition) is 3. The molecule has 0 saturated heterocycles. The van der Waals surface area contributed by atoms with Gasteiger partial charge in [0.25, 0.3) is 0 Å². The fourth-order valence-corrected chi connectivity index (χ4v) is 0. The molecule has 0 aromatic rings. The topological polar surface area (TPSA) is 40.5 Å². The molecule has 2 N–H and O–H groups in total. The Morgan fingerprint density at radius 1 is 1.40 bits per heavy atom. The number of rotatable bonds is 0. The van der Waals surface area contributed by atoms with Gasteiger partial charge in [-0.25, -0.2) is 0 Å². The van der Waals surface area contributed by atoms with Crippen LogP contribution < -0.4 is 29.6 Å². The minimum atomic E-state index is 0. The second-order valence-corrected chi connectivity index (χ2v) is 0. The molecule has 0 amide bonds. The quantitative estimate of drug-likeness (QED) is 0.176. The van der Waals surface area contributed by atoms with Crippen LogP contribution in [0.3, 0.4) is 0 Å². The minimum Gasteiger partial charge on any atom is -1.00 e. The number of thiol groups is 1. The van der Waals surface area contributed by atoms with E-state index in [0.717, 1.165) is 7.11 Å². The van der Waals surface area contributed by atoms with Crippen molar-refractivity contribution < 1.29 is 40.6 Å². The minimum absolute atomic E-state index is 0. The molecule has 0 fully saturated rings. The van der Waals surface area contributed by atoms with Crippen molar-refractivity contribution in [3.8, 4) is 0 Å². The van der Waals surface area contributed by atoms with E-state index in [4.69, 9.17) is 9.66 Å². The van der Waals surface area contributed by atoms with Crippen LogP contribution in [0.2, 0.25) is 0 Å². The molecule has 2 nitrogen and oxygen atoms in total. The first-order valence-electron chi connectivity index (χ1n) is 0.647. The molecular weight excluding hydrogens is 99.1 g/mol. The Labute approximate surface area is 60.6 Å². The maximum Gasteiger partial charge on any atom is 1.00 e. The molecule has 0 spiro atoms. The summed E-state index contributed by atoms with van der Waals surface area (Å²) in [4.78, 5) is 0. The van der Waals surface area contributed by atoms with Crippen molar-refractivity contribution in [3.63, 3.8) is 0 Å². The van der Waals surface area contributed by atoms with Crippen molar-refractivity contribution in [2.75, 3.05) is 7.11 Å². The Hall–Kier alpha value is 1.27. The van der Waals surface area contributed by atoms with Gasteiger partial charge < -0.3 is 11.1 Å². The van der Waals surface area contributed by atoms with Gasteiger partial charge in [-0.1, -0.05) is 0 Å². The van der Waals surface area contributed by atoms with Crippen LogP contribution >= 0.6 is 12.9 Å². The van der Waals surface area contributed by atoms with Crippen LogP contribution in [0.15, 0.2) is 0 Å². The normalized spacial score (nSPS) is 2.40. The fraction of sp³-hybridized carbons (Fsp3) is 1.00. The van der Waals surface area contributed by atoms with Gasteiger partial charge in [-0.05, 0) is 12.9 Å². The molecule has 30 valence electrons. The molecule has 0 aromatic heterocycles. The molecule has 0 aliphatic rings. The molecular formula is CH7NaO2S. The summed E-state index contributed by atoms with van der Waals surface area (Å²) in [7, 11) is 1.00. The number of aliphatic hydroxyl groups excluding tert-OH is 1. The van der Waals surface area contributed by atoms with Gasteiger partial charge in [0, 0.05) is 7.11 Å². The Bertz CT molecular complexity index is 13.5. The van der Waals surface area contributed by atoms with Crippen molar-refractivity contribution in [1.82, 2.24) is 0 Å². The molecule has 0 atom stereocenters. The third-order valence-corrected chi connectivity index (χ3v) is 0. The maximum absolute atomic E-state index is 7.00. The summed E-state index contributed by atoms with van der Waals surface area (Å²) in [5, 5.41) is 7.00. The monoisotopic (exact) mass is 106 g/mol.